The van der Waals surface area contributed by atoms with Gasteiger partial charge in [0, 0.05) is 12.5 Å². The molecule has 110 valence electrons. The molecule has 1 aromatic heterocycles. The first-order valence-corrected chi connectivity index (χ1v) is 6.51. The lowest BCUT2D eigenvalue weighted by Crippen LogP contribution is -2.10. The van der Waals surface area contributed by atoms with Gasteiger partial charge in [0.2, 0.25) is 0 Å². The second-order valence-electron chi connectivity index (χ2n) is 4.70. The molecule has 22 heavy (non-hydrogen) atoms. The number of benzene rings is 2. The average Bonchev–Trinajstić information content (AvgIpc) is 2.47. The number of rotatable bonds is 2. The molecule has 1 N–H and O–H groups in total. The summed E-state index contributed by atoms with van der Waals surface area (Å²) in [6.45, 7) is 1.30. The van der Waals surface area contributed by atoms with Gasteiger partial charge >= 0.3 is 5.97 Å². The summed E-state index contributed by atoms with van der Waals surface area (Å²) in [5.41, 5.74) is 0.539. The highest BCUT2D eigenvalue weighted by atomic mass is 19.1. The molecule has 0 atom stereocenters. The quantitative estimate of drug-likeness (QED) is 0.583. The number of nitrogens with one attached hydrogen (secondary N) is 1. The van der Waals surface area contributed by atoms with Crippen molar-refractivity contribution in [2.24, 2.45) is 0 Å². The lowest BCUT2D eigenvalue weighted by atomic mass is 10.2. The van der Waals surface area contributed by atoms with Gasteiger partial charge in [0.15, 0.2) is 0 Å². The number of carbonyl (C=O) groups is 1. The molecule has 0 spiro atoms. The van der Waals surface area contributed by atoms with Gasteiger partial charge < -0.3 is 9.72 Å². The highest BCUT2D eigenvalue weighted by molar-refractivity contribution is 5.79. The average molecular weight is 298 g/mol. The SMILES string of the molecule is CC(=O)Oc1cccc(-c2nc3ccc(F)cc3c(=O)[nH]2)c1. The molecule has 5 nitrogen and oxygen atoms in total. The van der Waals surface area contributed by atoms with Gasteiger partial charge in [-0.05, 0) is 30.3 Å². The molecule has 0 saturated heterocycles. The van der Waals surface area contributed by atoms with E-state index in [-0.39, 0.29) is 5.39 Å². The number of hydrogen-bond acceptors (Lipinski definition) is 4. The lowest BCUT2D eigenvalue weighted by Gasteiger charge is -2.06. The molecule has 0 amide bonds. The van der Waals surface area contributed by atoms with Crippen LogP contribution in [-0.4, -0.2) is 15.9 Å². The van der Waals surface area contributed by atoms with Crippen LogP contribution in [0.5, 0.6) is 5.75 Å². The molecule has 0 radical (unpaired) electrons. The third-order valence-corrected chi connectivity index (χ3v) is 3.04. The summed E-state index contributed by atoms with van der Waals surface area (Å²) >= 11 is 0. The minimum atomic E-state index is -0.496. The Morgan fingerprint density at radius 1 is 1.23 bits per heavy atom. The molecule has 3 aromatic rings. The van der Waals surface area contributed by atoms with Crippen molar-refractivity contribution in [2.45, 2.75) is 6.92 Å². The van der Waals surface area contributed by atoms with E-state index < -0.39 is 17.3 Å². The van der Waals surface area contributed by atoms with Crippen LogP contribution in [0.1, 0.15) is 6.92 Å². The van der Waals surface area contributed by atoms with Crippen LogP contribution in [0.25, 0.3) is 22.3 Å². The van der Waals surface area contributed by atoms with Gasteiger partial charge in [0.05, 0.1) is 10.9 Å². The molecule has 3 rings (SSSR count). The van der Waals surface area contributed by atoms with Crippen LogP contribution in [0.4, 0.5) is 4.39 Å². The summed E-state index contributed by atoms with van der Waals surface area (Å²) in [5.74, 6) is -0.262. The van der Waals surface area contributed by atoms with Crippen LogP contribution in [0.2, 0.25) is 0 Å². The summed E-state index contributed by atoms with van der Waals surface area (Å²) in [6.07, 6.45) is 0. The Balaban J connectivity index is 2.12. The van der Waals surface area contributed by atoms with Crippen molar-refractivity contribution >= 4 is 16.9 Å². The summed E-state index contributed by atoms with van der Waals surface area (Å²) in [7, 11) is 0. The van der Waals surface area contributed by atoms with E-state index in [4.69, 9.17) is 4.74 Å². The standard InChI is InChI=1S/C16H11FN2O3/c1-9(20)22-12-4-2-3-10(7-12)15-18-14-6-5-11(17)8-13(14)16(21)19-15/h2-8H,1H3,(H,18,19,21). The fourth-order valence-electron chi connectivity index (χ4n) is 2.12. The van der Waals surface area contributed by atoms with Crippen molar-refractivity contribution in [2.75, 3.05) is 0 Å². The zero-order valence-electron chi connectivity index (χ0n) is 11.6. The molecule has 1 heterocycles. The minimum Gasteiger partial charge on any atom is -0.427 e. The van der Waals surface area contributed by atoms with Gasteiger partial charge in [-0.25, -0.2) is 9.37 Å². The van der Waals surface area contributed by atoms with Crippen molar-refractivity contribution in [3.05, 3.63) is 58.6 Å². The van der Waals surface area contributed by atoms with E-state index in [1.165, 1.54) is 19.1 Å². The Kier molecular flexibility index (Phi) is 3.42. The molecule has 0 saturated carbocycles. The molecular weight excluding hydrogens is 287 g/mol. The van der Waals surface area contributed by atoms with Gasteiger partial charge in [-0.2, -0.15) is 0 Å². The lowest BCUT2D eigenvalue weighted by molar-refractivity contribution is -0.131. The Morgan fingerprint density at radius 2 is 2.05 bits per heavy atom. The maximum absolute atomic E-state index is 13.2. The minimum absolute atomic E-state index is 0.180. The van der Waals surface area contributed by atoms with Gasteiger partial charge in [0.25, 0.3) is 5.56 Å². The molecule has 2 aromatic carbocycles. The van der Waals surface area contributed by atoms with E-state index in [0.717, 1.165) is 6.07 Å². The normalized spacial score (nSPS) is 10.6. The predicted octanol–water partition coefficient (Wildman–Crippen LogP) is 2.65. The van der Waals surface area contributed by atoms with Gasteiger partial charge in [-0.1, -0.05) is 12.1 Å². The number of hydrogen-bond donors (Lipinski definition) is 1. The van der Waals surface area contributed by atoms with Crippen molar-refractivity contribution < 1.29 is 13.9 Å². The molecular formula is C16H11FN2O3. The number of halogens is 1. The third-order valence-electron chi connectivity index (χ3n) is 3.04. The first-order chi connectivity index (χ1) is 10.5. The van der Waals surface area contributed by atoms with E-state index in [9.17, 15) is 14.0 Å². The zero-order chi connectivity index (χ0) is 15.7. The number of aromatic amines is 1. The highest BCUT2D eigenvalue weighted by Gasteiger charge is 2.08. The van der Waals surface area contributed by atoms with Crippen molar-refractivity contribution in [1.82, 2.24) is 9.97 Å². The summed E-state index contributed by atoms with van der Waals surface area (Å²) in [5, 5.41) is 0.180. The maximum Gasteiger partial charge on any atom is 0.308 e. The van der Waals surface area contributed by atoms with Crippen LogP contribution in [0, 0.1) is 5.82 Å². The monoisotopic (exact) mass is 298 g/mol. The third kappa shape index (κ3) is 2.71. The number of nitrogens with zero attached hydrogens (tertiary/aromatic N) is 1. The van der Waals surface area contributed by atoms with E-state index in [1.807, 2.05) is 0 Å². The number of esters is 1. The zero-order valence-corrected chi connectivity index (χ0v) is 11.6. The largest absolute Gasteiger partial charge is 0.427 e. The first kappa shape index (κ1) is 13.9. The van der Waals surface area contributed by atoms with Crippen molar-refractivity contribution in [1.29, 1.82) is 0 Å². The summed E-state index contributed by atoms with van der Waals surface area (Å²) < 4.78 is 18.2. The molecule has 6 heteroatoms. The van der Waals surface area contributed by atoms with Gasteiger partial charge in [0.1, 0.15) is 17.4 Å². The smallest absolute Gasteiger partial charge is 0.308 e. The first-order valence-electron chi connectivity index (χ1n) is 6.51. The molecule has 0 unspecified atom stereocenters. The van der Waals surface area contributed by atoms with E-state index >= 15 is 0 Å². The number of fused-ring (bicyclic) bond motifs is 1. The van der Waals surface area contributed by atoms with Crippen molar-refractivity contribution in [3.63, 3.8) is 0 Å². The van der Waals surface area contributed by atoms with Gasteiger partial charge in [-0.15, -0.1) is 0 Å². The second kappa shape index (κ2) is 5.40. The number of aromatic nitrogens is 2. The van der Waals surface area contributed by atoms with Crippen LogP contribution in [0.3, 0.4) is 0 Å². The fraction of sp³-hybridized carbons (Fsp3) is 0.0625. The van der Waals surface area contributed by atoms with Crippen LogP contribution < -0.4 is 10.3 Å². The van der Waals surface area contributed by atoms with E-state index in [1.54, 1.807) is 24.3 Å². The molecule has 0 aliphatic rings. The number of H-pyrrole nitrogens is 1. The fourth-order valence-corrected chi connectivity index (χ4v) is 2.12. The Labute approximate surface area is 124 Å². The van der Waals surface area contributed by atoms with E-state index in [0.29, 0.717) is 22.7 Å². The second-order valence-corrected chi connectivity index (χ2v) is 4.70. The Bertz CT molecular complexity index is 934. The van der Waals surface area contributed by atoms with E-state index in [2.05, 4.69) is 9.97 Å². The molecule has 0 bridgehead atoms. The molecule has 0 aliphatic carbocycles. The highest BCUT2D eigenvalue weighted by Crippen LogP contribution is 2.21. The van der Waals surface area contributed by atoms with Crippen LogP contribution in [0.15, 0.2) is 47.3 Å². The predicted molar refractivity (Wildman–Crippen MR) is 79.1 cm³/mol. The Morgan fingerprint density at radius 3 is 2.82 bits per heavy atom. The van der Waals surface area contributed by atoms with Crippen molar-refractivity contribution in [3.8, 4) is 17.1 Å². The summed E-state index contributed by atoms with van der Waals surface area (Å²) in [6, 6.07) is 10.4. The maximum atomic E-state index is 13.2. The van der Waals surface area contributed by atoms with Crippen LogP contribution in [-0.2, 0) is 4.79 Å². The summed E-state index contributed by atoms with van der Waals surface area (Å²) in [4.78, 5) is 29.9. The molecule has 0 aliphatic heterocycles. The number of ether oxygens (including phenoxy) is 1. The van der Waals surface area contributed by atoms with Crippen LogP contribution >= 0.6 is 0 Å². The molecule has 0 fully saturated rings. The van der Waals surface area contributed by atoms with Gasteiger partial charge in [-0.3, -0.25) is 9.59 Å². The number of carbonyl (C=O) groups excluding carboxylic acids is 1. The topological polar surface area (TPSA) is 72.0 Å². The Hall–Kier alpha value is -3.02.